The number of rotatable bonds is 6. The molecular weight excluding hydrogens is 381 g/mol. The lowest BCUT2D eigenvalue weighted by Gasteiger charge is -2.32. The molecule has 30 heavy (non-hydrogen) atoms. The summed E-state index contributed by atoms with van der Waals surface area (Å²) < 4.78 is 15.3. The van der Waals surface area contributed by atoms with Crippen molar-refractivity contribution in [3.8, 4) is 5.69 Å². The van der Waals surface area contributed by atoms with Gasteiger partial charge in [-0.1, -0.05) is 36.4 Å². The highest BCUT2D eigenvalue weighted by molar-refractivity contribution is 5.92. The predicted molar refractivity (Wildman–Crippen MR) is 114 cm³/mol. The third-order valence-corrected chi connectivity index (χ3v) is 5.37. The maximum atomic E-state index is 13.9. The number of nitrogens with zero attached hydrogens (tertiary/aromatic N) is 4. The van der Waals surface area contributed by atoms with Crippen molar-refractivity contribution in [1.82, 2.24) is 24.9 Å². The van der Waals surface area contributed by atoms with Gasteiger partial charge in [0.25, 0.3) is 5.91 Å². The number of amides is 1. The highest BCUT2D eigenvalue weighted by atomic mass is 19.1. The van der Waals surface area contributed by atoms with Crippen molar-refractivity contribution in [2.24, 2.45) is 0 Å². The second-order valence-electron chi connectivity index (χ2n) is 7.68. The normalized spacial score (nSPS) is 15.3. The number of benzene rings is 2. The molecule has 1 N–H and O–H groups in total. The average Bonchev–Trinajstić information content (AvgIpc) is 3.24. The summed E-state index contributed by atoms with van der Waals surface area (Å²) in [5.74, 6) is -0.667. The summed E-state index contributed by atoms with van der Waals surface area (Å²) in [6.45, 7) is 5.67. The molecule has 0 aliphatic carbocycles. The molecule has 0 atom stereocenters. The largest absolute Gasteiger partial charge is 0.347 e. The zero-order valence-electron chi connectivity index (χ0n) is 17.1. The van der Waals surface area contributed by atoms with Crippen LogP contribution in [0.4, 0.5) is 4.39 Å². The van der Waals surface area contributed by atoms with Crippen molar-refractivity contribution < 1.29 is 9.18 Å². The van der Waals surface area contributed by atoms with Gasteiger partial charge in [0.2, 0.25) is 0 Å². The molecule has 2 heterocycles. The van der Waals surface area contributed by atoms with Crippen molar-refractivity contribution in [1.29, 1.82) is 0 Å². The van der Waals surface area contributed by atoms with E-state index in [0.717, 1.165) is 38.3 Å². The average molecular weight is 407 g/mol. The summed E-state index contributed by atoms with van der Waals surface area (Å²) in [6, 6.07) is 16.2. The summed E-state index contributed by atoms with van der Waals surface area (Å²) >= 11 is 0. The molecule has 0 unspecified atom stereocenters. The van der Waals surface area contributed by atoms with E-state index in [4.69, 9.17) is 0 Å². The molecular formula is C23H26FN5O. The van der Waals surface area contributed by atoms with Crippen LogP contribution < -0.4 is 5.32 Å². The Balaban J connectivity index is 1.35. The smallest absolute Gasteiger partial charge is 0.272 e. The number of carbonyl (C=O) groups is 1. The molecule has 1 aliphatic heterocycles. The first-order chi connectivity index (χ1) is 14.6. The molecule has 2 aromatic carbocycles. The Morgan fingerprint density at radius 3 is 2.60 bits per heavy atom. The van der Waals surface area contributed by atoms with Gasteiger partial charge < -0.3 is 10.2 Å². The van der Waals surface area contributed by atoms with E-state index in [1.807, 2.05) is 12.1 Å². The standard InChI is InChI=1S/C23H26FN5O/c1-27-11-13-28(14-12-27)17-19-6-4-5-18(15-19)16-25-23(30)21-9-10-29(26-21)22-8-3-2-7-20(22)24/h2-10,15H,11-14,16-17H2,1H3,(H,25,30). The van der Waals surface area contributed by atoms with Crippen LogP contribution in [0.25, 0.3) is 5.69 Å². The van der Waals surface area contributed by atoms with Gasteiger partial charge in [0.15, 0.2) is 5.69 Å². The van der Waals surface area contributed by atoms with Gasteiger partial charge >= 0.3 is 0 Å². The van der Waals surface area contributed by atoms with Crippen LogP contribution in [0.2, 0.25) is 0 Å². The highest BCUT2D eigenvalue weighted by Gasteiger charge is 2.15. The van der Waals surface area contributed by atoms with Crippen molar-refractivity contribution >= 4 is 5.91 Å². The second kappa shape index (κ2) is 9.19. The molecule has 1 amide bonds. The van der Waals surface area contributed by atoms with Crippen LogP contribution in [-0.2, 0) is 13.1 Å². The van der Waals surface area contributed by atoms with Gasteiger partial charge in [-0.15, -0.1) is 0 Å². The van der Waals surface area contributed by atoms with Gasteiger partial charge in [-0.25, -0.2) is 9.07 Å². The van der Waals surface area contributed by atoms with Crippen molar-refractivity contribution in [2.45, 2.75) is 13.1 Å². The minimum Gasteiger partial charge on any atom is -0.347 e. The molecule has 1 aliphatic rings. The summed E-state index contributed by atoms with van der Waals surface area (Å²) in [4.78, 5) is 17.3. The van der Waals surface area contributed by atoms with Gasteiger partial charge in [-0.3, -0.25) is 9.69 Å². The fourth-order valence-electron chi connectivity index (χ4n) is 3.59. The van der Waals surface area contributed by atoms with Gasteiger partial charge in [0.05, 0.1) is 0 Å². The molecule has 1 fully saturated rings. The monoisotopic (exact) mass is 407 g/mol. The lowest BCUT2D eigenvalue weighted by Crippen LogP contribution is -2.43. The zero-order valence-corrected chi connectivity index (χ0v) is 17.1. The number of carbonyl (C=O) groups excluding carboxylic acids is 1. The molecule has 7 heteroatoms. The molecule has 0 spiro atoms. The fraction of sp³-hybridized carbons (Fsp3) is 0.304. The number of hydrogen-bond donors (Lipinski definition) is 1. The molecule has 156 valence electrons. The number of nitrogens with one attached hydrogen (secondary N) is 1. The minimum absolute atomic E-state index is 0.256. The Kier molecular flexibility index (Phi) is 6.21. The lowest BCUT2D eigenvalue weighted by atomic mass is 10.1. The van der Waals surface area contributed by atoms with Crippen molar-refractivity contribution in [3.05, 3.63) is 83.4 Å². The first-order valence-corrected chi connectivity index (χ1v) is 10.2. The van der Waals surface area contributed by atoms with E-state index >= 15 is 0 Å². The number of likely N-dealkylation sites (N-methyl/N-ethyl adjacent to an activating group) is 1. The number of piperazine rings is 1. The molecule has 0 bridgehead atoms. The zero-order chi connectivity index (χ0) is 20.9. The topological polar surface area (TPSA) is 53.4 Å². The molecule has 1 aromatic heterocycles. The summed E-state index contributed by atoms with van der Waals surface area (Å²) in [5, 5.41) is 7.11. The van der Waals surface area contributed by atoms with Crippen LogP contribution in [0.5, 0.6) is 0 Å². The van der Waals surface area contributed by atoms with E-state index in [-0.39, 0.29) is 17.4 Å². The number of hydrogen-bond acceptors (Lipinski definition) is 4. The Morgan fingerprint density at radius 1 is 1.03 bits per heavy atom. The van der Waals surface area contributed by atoms with Crippen molar-refractivity contribution in [3.63, 3.8) is 0 Å². The Hall–Kier alpha value is -3.03. The predicted octanol–water partition coefficient (Wildman–Crippen LogP) is 2.69. The van der Waals surface area contributed by atoms with E-state index in [0.29, 0.717) is 12.2 Å². The summed E-state index contributed by atoms with van der Waals surface area (Å²) in [5.41, 5.74) is 2.86. The lowest BCUT2D eigenvalue weighted by molar-refractivity contribution is 0.0945. The van der Waals surface area contributed by atoms with E-state index in [1.165, 1.54) is 16.3 Å². The van der Waals surface area contributed by atoms with Crippen LogP contribution in [0, 0.1) is 5.82 Å². The molecule has 0 saturated carbocycles. The maximum absolute atomic E-state index is 13.9. The molecule has 6 nitrogen and oxygen atoms in total. The minimum atomic E-state index is -0.385. The first kappa shape index (κ1) is 20.3. The maximum Gasteiger partial charge on any atom is 0.272 e. The quantitative estimate of drug-likeness (QED) is 0.683. The molecule has 0 radical (unpaired) electrons. The summed E-state index contributed by atoms with van der Waals surface area (Å²) in [7, 11) is 2.15. The SMILES string of the molecule is CN1CCN(Cc2cccc(CNC(=O)c3ccn(-c4ccccc4F)n3)c2)CC1. The molecule has 4 rings (SSSR count). The van der Waals surface area contributed by atoms with E-state index < -0.39 is 0 Å². The number of halogens is 1. The second-order valence-corrected chi connectivity index (χ2v) is 7.68. The Bertz CT molecular complexity index is 1010. The van der Waals surface area contributed by atoms with E-state index in [9.17, 15) is 9.18 Å². The molecule has 1 saturated heterocycles. The first-order valence-electron chi connectivity index (χ1n) is 10.2. The Labute approximate surface area is 175 Å². The third kappa shape index (κ3) is 4.93. The van der Waals surface area contributed by atoms with Gasteiger partial charge in [0.1, 0.15) is 11.5 Å². The van der Waals surface area contributed by atoms with Gasteiger partial charge in [0, 0.05) is 45.5 Å². The van der Waals surface area contributed by atoms with E-state index in [2.05, 4.69) is 39.4 Å². The summed E-state index contributed by atoms with van der Waals surface area (Å²) in [6.07, 6.45) is 1.59. The van der Waals surface area contributed by atoms with Crippen LogP contribution in [0.3, 0.4) is 0 Å². The van der Waals surface area contributed by atoms with Crippen LogP contribution in [0.1, 0.15) is 21.6 Å². The Morgan fingerprint density at radius 2 is 1.80 bits per heavy atom. The van der Waals surface area contributed by atoms with Crippen molar-refractivity contribution in [2.75, 3.05) is 33.2 Å². The highest BCUT2D eigenvalue weighted by Crippen LogP contribution is 2.13. The van der Waals surface area contributed by atoms with Crippen LogP contribution in [-0.4, -0.2) is 58.7 Å². The van der Waals surface area contributed by atoms with Gasteiger partial charge in [-0.05, 0) is 36.4 Å². The van der Waals surface area contributed by atoms with Gasteiger partial charge in [-0.2, -0.15) is 5.10 Å². The van der Waals surface area contributed by atoms with Crippen LogP contribution >= 0.6 is 0 Å². The molecule has 3 aromatic rings. The number of para-hydroxylation sites is 1. The third-order valence-electron chi connectivity index (χ3n) is 5.37. The number of aromatic nitrogens is 2. The van der Waals surface area contributed by atoms with E-state index in [1.54, 1.807) is 30.5 Å². The van der Waals surface area contributed by atoms with Crippen LogP contribution in [0.15, 0.2) is 60.8 Å². The fourth-order valence-corrected chi connectivity index (χ4v) is 3.59.